The number of nitrogens with two attached hydrogens (primary N) is 5. The van der Waals surface area contributed by atoms with Gasteiger partial charge in [-0.05, 0) is 32.1 Å². The van der Waals surface area contributed by atoms with E-state index in [0.29, 0.717) is 19.3 Å². The Morgan fingerprint density at radius 1 is 1.12 bits per heavy atom. The molecule has 0 bridgehead atoms. The fourth-order valence-corrected chi connectivity index (χ4v) is 2.82. The summed E-state index contributed by atoms with van der Waals surface area (Å²) in [5, 5.41) is 18.2. The van der Waals surface area contributed by atoms with Gasteiger partial charge in [0.05, 0.1) is 12.8 Å². The molecule has 0 unspecified atom stereocenters. The van der Waals surface area contributed by atoms with Crippen LogP contribution in [0.5, 0.6) is 0 Å². The van der Waals surface area contributed by atoms with Gasteiger partial charge in [0.2, 0.25) is 11.8 Å². The quantitative estimate of drug-likeness (QED) is 0.0508. The number of nitrogens with one attached hydrogen (secondary N) is 2. The van der Waals surface area contributed by atoms with Crippen molar-refractivity contribution >= 4 is 23.9 Å². The van der Waals surface area contributed by atoms with Gasteiger partial charge in [0, 0.05) is 19.6 Å². The average molecular weight is 487 g/mol. The number of aliphatic imine (C=N–C) groups is 1. The van der Waals surface area contributed by atoms with Crippen LogP contribution >= 0.6 is 0 Å². The molecule has 1 rings (SSSR count). The van der Waals surface area contributed by atoms with Crippen LogP contribution in [-0.4, -0.2) is 65.0 Å². The van der Waals surface area contributed by atoms with Crippen molar-refractivity contribution in [2.45, 2.75) is 56.7 Å². The molecule has 0 aliphatic rings. The number of hydrogen-bond donors (Lipinski definition) is 8. The molecule has 16 heteroatoms. The van der Waals surface area contributed by atoms with Crippen LogP contribution in [0.4, 0.5) is 4.79 Å². The van der Waals surface area contributed by atoms with E-state index in [4.69, 9.17) is 37.9 Å². The van der Waals surface area contributed by atoms with Gasteiger partial charge in [-0.15, -0.1) is 0 Å². The molecule has 0 aliphatic heterocycles. The molecule has 0 saturated heterocycles. The smallest absolute Gasteiger partial charge is 0.326 e. The third-order valence-electron chi connectivity index (χ3n) is 4.54. The molecule has 192 valence electrons. The predicted octanol–water partition coefficient (Wildman–Crippen LogP) is -2.10. The molecule has 1 heterocycles. The normalized spacial score (nSPS) is 13.5. The van der Waals surface area contributed by atoms with Crippen LogP contribution in [0.25, 0.3) is 0 Å². The molecule has 0 aliphatic carbocycles. The lowest BCUT2D eigenvalue weighted by Crippen LogP contribution is -2.47. The molecule has 0 radical (unpaired) electrons. The monoisotopic (exact) mass is 486 g/mol. The van der Waals surface area contributed by atoms with E-state index in [-0.39, 0.29) is 56.8 Å². The Labute approximate surface area is 196 Å². The minimum atomic E-state index is -1.20. The summed E-state index contributed by atoms with van der Waals surface area (Å²) in [5.74, 6) is -1.61. The first-order valence-electron chi connectivity index (χ1n) is 10.6. The number of hydrogen-bond acceptors (Lipinski definition) is 10. The van der Waals surface area contributed by atoms with Crippen molar-refractivity contribution < 1.29 is 28.8 Å². The van der Waals surface area contributed by atoms with Crippen molar-refractivity contribution in [3.63, 3.8) is 0 Å². The van der Waals surface area contributed by atoms with E-state index in [1.165, 1.54) is 0 Å². The predicted molar refractivity (Wildman–Crippen MR) is 120 cm³/mol. The van der Waals surface area contributed by atoms with E-state index in [9.17, 15) is 19.5 Å². The summed E-state index contributed by atoms with van der Waals surface area (Å²) in [6, 6.07) is -3.39. The molecule has 3 atom stereocenters. The highest BCUT2D eigenvalue weighted by Crippen LogP contribution is 2.20. The first-order valence-corrected chi connectivity index (χ1v) is 10.6. The molecule has 1 aromatic heterocycles. The number of carbonyl (C=O) groups is 3. The highest BCUT2D eigenvalue weighted by atomic mass is 16.5. The minimum Gasteiger partial charge on any atom is -0.480 e. The molecule has 13 N–H and O–H groups in total. The van der Waals surface area contributed by atoms with Gasteiger partial charge in [0.1, 0.15) is 12.1 Å². The Balaban J connectivity index is 2.84. The van der Waals surface area contributed by atoms with Crippen LogP contribution < -0.4 is 39.3 Å². The lowest BCUT2D eigenvalue weighted by atomic mass is 10.1. The van der Waals surface area contributed by atoms with Gasteiger partial charge in [-0.3, -0.25) is 9.79 Å². The number of aromatic nitrogens is 2. The molecule has 16 nitrogen and oxygen atoms in total. The van der Waals surface area contributed by atoms with Gasteiger partial charge in [0.25, 0.3) is 0 Å². The summed E-state index contributed by atoms with van der Waals surface area (Å²) in [7, 11) is 0. The fraction of sp³-hybridized carbons (Fsp3) is 0.667. The zero-order chi connectivity index (χ0) is 25.5. The number of amides is 3. The zero-order valence-electron chi connectivity index (χ0n) is 18.8. The van der Waals surface area contributed by atoms with E-state index < -0.39 is 36.0 Å². The van der Waals surface area contributed by atoms with Gasteiger partial charge < -0.3 is 53.7 Å². The number of nitrogens with zero attached hydrogens (tertiary/aromatic N) is 3. The summed E-state index contributed by atoms with van der Waals surface area (Å²) >= 11 is 0. The molecule has 0 aromatic carbocycles. The van der Waals surface area contributed by atoms with Crippen LogP contribution in [0.3, 0.4) is 0 Å². The summed E-state index contributed by atoms with van der Waals surface area (Å²) in [5.41, 5.74) is 26.9. The van der Waals surface area contributed by atoms with Crippen LogP contribution in [-0.2, 0) is 14.3 Å². The number of carboxylic acids is 1. The van der Waals surface area contributed by atoms with Crippen molar-refractivity contribution in [2.75, 3.05) is 19.9 Å². The van der Waals surface area contributed by atoms with Gasteiger partial charge in [-0.1, -0.05) is 5.16 Å². The second-order valence-corrected chi connectivity index (χ2v) is 7.33. The van der Waals surface area contributed by atoms with E-state index in [1.807, 2.05) is 0 Å². The first kappa shape index (κ1) is 28.5. The van der Waals surface area contributed by atoms with Gasteiger partial charge >= 0.3 is 12.0 Å². The van der Waals surface area contributed by atoms with Crippen molar-refractivity contribution in [3.05, 3.63) is 11.7 Å². The Bertz CT molecular complexity index is 813. The number of aliphatic carboxylic acids is 1. The molecular formula is C18H34N10O6. The number of carboxylic acid groups (broad SMARTS) is 1. The number of primary amides is 1. The Morgan fingerprint density at radius 2 is 1.85 bits per heavy atom. The number of guanidine groups is 1. The van der Waals surface area contributed by atoms with Crippen molar-refractivity contribution in [3.8, 4) is 0 Å². The number of urea groups is 1. The van der Waals surface area contributed by atoms with Crippen molar-refractivity contribution in [1.82, 2.24) is 20.8 Å². The molecule has 3 amide bonds. The topological polar surface area (TPSA) is 286 Å². The molecule has 0 spiro atoms. The summed E-state index contributed by atoms with van der Waals surface area (Å²) in [6.07, 6.45) is 1.51. The lowest BCUT2D eigenvalue weighted by Gasteiger charge is -2.19. The SMILES string of the molecule is NCOCCC[C@H](NC(=O)N[C@@H](CCCN=C(N)N)c1nc([C@@H](N)CCC(N)=O)no1)C(=O)O. The Kier molecular flexibility index (Phi) is 12.9. The maximum atomic E-state index is 12.5. The fourth-order valence-electron chi connectivity index (χ4n) is 2.82. The van der Waals surface area contributed by atoms with Crippen molar-refractivity contribution in [1.29, 1.82) is 0 Å². The van der Waals surface area contributed by atoms with Gasteiger partial charge in [-0.2, -0.15) is 4.98 Å². The number of ether oxygens (including phenoxy) is 1. The second-order valence-electron chi connectivity index (χ2n) is 7.33. The van der Waals surface area contributed by atoms with E-state index in [2.05, 4.69) is 25.8 Å². The van der Waals surface area contributed by atoms with E-state index in [1.54, 1.807) is 0 Å². The van der Waals surface area contributed by atoms with Gasteiger partial charge in [0.15, 0.2) is 11.8 Å². The summed E-state index contributed by atoms with van der Waals surface area (Å²) < 4.78 is 10.2. The summed E-state index contributed by atoms with van der Waals surface area (Å²) in [4.78, 5) is 43.1. The van der Waals surface area contributed by atoms with Gasteiger partial charge in [-0.25, -0.2) is 9.59 Å². The maximum absolute atomic E-state index is 12.5. The molecule has 1 aromatic rings. The maximum Gasteiger partial charge on any atom is 0.326 e. The first-order chi connectivity index (χ1) is 16.1. The minimum absolute atomic E-state index is 0.0194. The summed E-state index contributed by atoms with van der Waals surface area (Å²) in [6.45, 7) is 0.559. The number of carbonyl (C=O) groups excluding carboxylic acids is 2. The average Bonchev–Trinajstić information content (AvgIpc) is 3.26. The molecule has 0 saturated carbocycles. The zero-order valence-corrected chi connectivity index (χ0v) is 18.8. The Hall–Kier alpha value is -3.50. The molecular weight excluding hydrogens is 452 g/mol. The van der Waals surface area contributed by atoms with E-state index in [0.717, 1.165) is 0 Å². The number of rotatable bonds is 17. The van der Waals surface area contributed by atoms with Crippen LogP contribution in [0.1, 0.15) is 62.3 Å². The standard InChI is InChI=1S/C18H34N10O6/c19-9-33-8-2-4-12(16(30)31)26-18(32)25-11(3-1-7-24-17(22)23)15-27-14(28-34-15)10(20)5-6-13(21)29/h10-12H,1-9,19-20H2,(H2,21,29)(H,30,31)(H4,22,23,24)(H2,25,26,32)/t10-,11-,12-/m0/s1. The molecule has 34 heavy (non-hydrogen) atoms. The third-order valence-corrected chi connectivity index (χ3v) is 4.54. The van der Waals surface area contributed by atoms with Crippen LogP contribution in [0.2, 0.25) is 0 Å². The highest BCUT2D eigenvalue weighted by Gasteiger charge is 2.26. The Morgan fingerprint density at radius 3 is 2.47 bits per heavy atom. The lowest BCUT2D eigenvalue weighted by molar-refractivity contribution is -0.139. The molecule has 0 fully saturated rings. The second kappa shape index (κ2) is 15.4. The third kappa shape index (κ3) is 11.4. The van der Waals surface area contributed by atoms with Crippen molar-refractivity contribution in [2.24, 2.45) is 33.7 Å². The van der Waals surface area contributed by atoms with Crippen LogP contribution in [0, 0.1) is 0 Å². The van der Waals surface area contributed by atoms with E-state index >= 15 is 0 Å². The largest absolute Gasteiger partial charge is 0.480 e. The highest BCUT2D eigenvalue weighted by molar-refractivity contribution is 5.82. The van der Waals surface area contributed by atoms with Crippen LogP contribution in [0.15, 0.2) is 9.52 Å².